The highest BCUT2D eigenvalue weighted by molar-refractivity contribution is 7.12. The minimum absolute atomic E-state index is 0.00446. The van der Waals surface area contributed by atoms with Crippen molar-refractivity contribution < 1.29 is 19.1 Å². The maximum Gasteiger partial charge on any atom is 0.220 e. The number of rotatable bonds is 8. The topological polar surface area (TPSA) is 64.6 Å². The molecule has 0 saturated heterocycles. The van der Waals surface area contributed by atoms with Gasteiger partial charge in [-0.3, -0.25) is 9.59 Å². The molecule has 1 amide bonds. The van der Waals surface area contributed by atoms with Crippen LogP contribution in [-0.2, 0) is 14.3 Å². The van der Waals surface area contributed by atoms with Crippen LogP contribution in [0.5, 0.6) is 0 Å². The molecule has 0 bridgehead atoms. The van der Waals surface area contributed by atoms with Crippen LogP contribution >= 0.6 is 11.3 Å². The molecule has 5 nitrogen and oxygen atoms in total. The fourth-order valence-electron chi connectivity index (χ4n) is 1.34. The van der Waals surface area contributed by atoms with Crippen molar-refractivity contribution in [3.05, 3.63) is 22.4 Å². The SMILES string of the molecule is COC(CNC(=O)CCC(=O)c1cccs1)OC. The third kappa shape index (κ3) is 4.95. The molecule has 18 heavy (non-hydrogen) atoms. The molecular formula is C12H17NO4S. The van der Waals surface area contributed by atoms with Crippen LogP contribution in [0.15, 0.2) is 17.5 Å². The zero-order valence-corrected chi connectivity index (χ0v) is 11.3. The van der Waals surface area contributed by atoms with Crippen LogP contribution in [0.25, 0.3) is 0 Å². The van der Waals surface area contributed by atoms with Crippen molar-refractivity contribution >= 4 is 23.0 Å². The first kappa shape index (κ1) is 14.8. The number of Topliss-reactive ketones (excluding diaryl/α,β-unsaturated/α-hetero) is 1. The number of ether oxygens (including phenoxy) is 2. The first-order valence-electron chi connectivity index (χ1n) is 5.56. The van der Waals surface area contributed by atoms with Gasteiger partial charge in [0.1, 0.15) is 0 Å². The van der Waals surface area contributed by atoms with Crippen LogP contribution in [0.2, 0.25) is 0 Å². The number of hydrogen-bond acceptors (Lipinski definition) is 5. The molecule has 0 aliphatic heterocycles. The van der Waals surface area contributed by atoms with E-state index in [9.17, 15) is 9.59 Å². The molecule has 0 saturated carbocycles. The van der Waals surface area contributed by atoms with E-state index in [0.29, 0.717) is 4.88 Å². The Morgan fingerprint density at radius 1 is 1.33 bits per heavy atom. The van der Waals surface area contributed by atoms with E-state index in [2.05, 4.69) is 5.32 Å². The Hall–Kier alpha value is -1.24. The number of nitrogens with one attached hydrogen (secondary N) is 1. The van der Waals surface area contributed by atoms with Gasteiger partial charge in [-0.15, -0.1) is 11.3 Å². The third-order valence-corrected chi connectivity index (χ3v) is 3.28. The predicted octanol–water partition coefficient (Wildman–Crippen LogP) is 1.45. The number of amides is 1. The van der Waals surface area contributed by atoms with Crippen molar-refractivity contribution in [3.8, 4) is 0 Å². The lowest BCUT2D eigenvalue weighted by atomic mass is 10.2. The fourth-order valence-corrected chi connectivity index (χ4v) is 2.03. The van der Waals surface area contributed by atoms with E-state index in [1.807, 2.05) is 11.4 Å². The molecule has 1 aromatic rings. The van der Waals surface area contributed by atoms with Gasteiger partial charge in [-0.2, -0.15) is 0 Å². The summed E-state index contributed by atoms with van der Waals surface area (Å²) in [5.74, 6) is -0.186. The molecule has 0 spiro atoms. The molecular weight excluding hydrogens is 254 g/mol. The highest BCUT2D eigenvalue weighted by Gasteiger charge is 2.11. The second kappa shape index (κ2) is 7.97. The summed E-state index contributed by atoms with van der Waals surface area (Å²) < 4.78 is 9.86. The van der Waals surface area contributed by atoms with Gasteiger partial charge in [0.25, 0.3) is 0 Å². The van der Waals surface area contributed by atoms with Crippen LogP contribution in [0, 0.1) is 0 Å². The molecule has 1 rings (SSSR count). The quantitative estimate of drug-likeness (QED) is 0.574. The molecule has 0 unspecified atom stereocenters. The van der Waals surface area contributed by atoms with E-state index in [4.69, 9.17) is 9.47 Å². The first-order chi connectivity index (χ1) is 8.67. The van der Waals surface area contributed by atoms with E-state index in [1.165, 1.54) is 25.6 Å². The Labute approximate surface area is 110 Å². The lowest BCUT2D eigenvalue weighted by Crippen LogP contribution is -2.34. The van der Waals surface area contributed by atoms with Crippen LogP contribution in [0.4, 0.5) is 0 Å². The number of ketones is 1. The van der Waals surface area contributed by atoms with Gasteiger partial charge in [0.2, 0.25) is 5.91 Å². The maximum atomic E-state index is 11.6. The number of thiophene rings is 1. The highest BCUT2D eigenvalue weighted by atomic mass is 32.1. The van der Waals surface area contributed by atoms with Crippen molar-refractivity contribution in [1.29, 1.82) is 0 Å². The van der Waals surface area contributed by atoms with Crippen molar-refractivity contribution in [2.45, 2.75) is 19.1 Å². The molecule has 1 aromatic heterocycles. The monoisotopic (exact) mass is 271 g/mol. The van der Waals surface area contributed by atoms with Crippen LogP contribution in [0.1, 0.15) is 22.5 Å². The number of hydrogen-bond donors (Lipinski definition) is 1. The van der Waals surface area contributed by atoms with Crippen molar-refractivity contribution in [2.24, 2.45) is 0 Å². The Bertz CT molecular complexity index is 373. The summed E-state index contributed by atoms with van der Waals surface area (Å²) in [6.45, 7) is 0.277. The van der Waals surface area contributed by atoms with Gasteiger partial charge < -0.3 is 14.8 Å². The molecule has 0 fully saturated rings. The van der Waals surface area contributed by atoms with E-state index in [1.54, 1.807) is 6.07 Å². The predicted molar refractivity (Wildman–Crippen MR) is 68.7 cm³/mol. The van der Waals surface area contributed by atoms with Crippen molar-refractivity contribution in [2.75, 3.05) is 20.8 Å². The Balaban J connectivity index is 2.23. The van der Waals surface area contributed by atoms with E-state index in [-0.39, 0.29) is 31.1 Å². The maximum absolute atomic E-state index is 11.6. The Kier molecular flexibility index (Phi) is 6.56. The highest BCUT2D eigenvalue weighted by Crippen LogP contribution is 2.12. The summed E-state index contributed by atoms with van der Waals surface area (Å²) in [5.41, 5.74) is 0. The average molecular weight is 271 g/mol. The van der Waals surface area contributed by atoms with Gasteiger partial charge in [0.05, 0.1) is 11.4 Å². The van der Waals surface area contributed by atoms with E-state index in [0.717, 1.165) is 0 Å². The Morgan fingerprint density at radius 3 is 2.61 bits per heavy atom. The van der Waals surface area contributed by atoms with Crippen LogP contribution in [0.3, 0.4) is 0 Å². The number of carbonyl (C=O) groups is 2. The smallest absolute Gasteiger partial charge is 0.220 e. The number of carbonyl (C=O) groups excluding carboxylic acids is 2. The Morgan fingerprint density at radius 2 is 2.06 bits per heavy atom. The molecule has 0 aromatic carbocycles. The minimum atomic E-state index is -0.457. The van der Waals surface area contributed by atoms with Gasteiger partial charge in [-0.1, -0.05) is 6.07 Å². The van der Waals surface area contributed by atoms with Crippen molar-refractivity contribution in [3.63, 3.8) is 0 Å². The molecule has 1 N–H and O–H groups in total. The molecule has 1 heterocycles. The number of methoxy groups -OCH3 is 2. The van der Waals surface area contributed by atoms with E-state index < -0.39 is 6.29 Å². The van der Waals surface area contributed by atoms with E-state index >= 15 is 0 Å². The lowest BCUT2D eigenvalue weighted by Gasteiger charge is -2.13. The fraction of sp³-hybridized carbons (Fsp3) is 0.500. The zero-order chi connectivity index (χ0) is 13.4. The second-order valence-corrected chi connectivity index (χ2v) is 4.55. The van der Waals surface area contributed by atoms with Gasteiger partial charge in [0, 0.05) is 27.1 Å². The standard InChI is InChI=1S/C12H17NO4S/c1-16-12(17-2)8-13-11(15)6-5-9(14)10-4-3-7-18-10/h3-4,7,12H,5-6,8H2,1-2H3,(H,13,15). The van der Waals surface area contributed by atoms with Crippen LogP contribution < -0.4 is 5.32 Å². The molecule has 0 atom stereocenters. The molecule has 6 heteroatoms. The van der Waals surface area contributed by atoms with Gasteiger partial charge in [0.15, 0.2) is 12.1 Å². The van der Waals surface area contributed by atoms with Crippen molar-refractivity contribution in [1.82, 2.24) is 5.32 Å². The van der Waals surface area contributed by atoms with Gasteiger partial charge in [-0.25, -0.2) is 0 Å². The summed E-state index contributed by atoms with van der Waals surface area (Å²) in [6.07, 6.45) is -0.0598. The minimum Gasteiger partial charge on any atom is -0.354 e. The third-order valence-electron chi connectivity index (χ3n) is 2.37. The van der Waals surface area contributed by atoms with Gasteiger partial charge in [-0.05, 0) is 11.4 Å². The first-order valence-corrected chi connectivity index (χ1v) is 6.44. The summed E-state index contributed by atoms with van der Waals surface area (Å²) >= 11 is 1.39. The van der Waals surface area contributed by atoms with Crippen LogP contribution in [-0.4, -0.2) is 38.7 Å². The summed E-state index contributed by atoms with van der Waals surface area (Å²) in [6, 6.07) is 3.58. The average Bonchev–Trinajstić information content (AvgIpc) is 2.91. The molecule has 0 radical (unpaired) electrons. The molecule has 100 valence electrons. The molecule has 0 aliphatic carbocycles. The summed E-state index contributed by atoms with van der Waals surface area (Å²) in [5, 5.41) is 4.49. The summed E-state index contributed by atoms with van der Waals surface area (Å²) in [4.78, 5) is 23.8. The zero-order valence-electron chi connectivity index (χ0n) is 10.5. The largest absolute Gasteiger partial charge is 0.354 e. The normalized spacial score (nSPS) is 10.6. The lowest BCUT2D eigenvalue weighted by molar-refractivity contribution is -0.127. The van der Waals surface area contributed by atoms with Gasteiger partial charge >= 0.3 is 0 Å². The summed E-state index contributed by atoms with van der Waals surface area (Å²) in [7, 11) is 3.00. The molecule has 0 aliphatic rings. The second-order valence-electron chi connectivity index (χ2n) is 3.61.